The Morgan fingerprint density at radius 3 is 2.63 bits per heavy atom. The van der Waals surface area contributed by atoms with E-state index < -0.39 is 5.41 Å². The molecule has 0 unspecified atom stereocenters. The van der Waals surface area contributed by atoms with Crippen LogP contribution in [0.3, 0.4) is 0 Å². The van der Waals surface area contributed by atoms with Crippen LogP contribution >= 0.6 is 11.3 Å². The molecule has 3 N–H and O–H groups in total. The van der Waals surface area contributed by atoms with Crippen molar-refractivity contribution in [1.29, 1.82) is 0 Å². The number of nitrogens with two attached hydrogens (primary N) is 1. The van der Waals surface area contributed by atoms with Crippen molar-refractivity contribution >= 4 is 28.1 Å². The van der Waals surface area contributed by atoms with E-state index in [0.717, 1.165) is 27.4 Å². The molecule has 0 atom stereocenters. The first kappa shape index (κ1) is 20.4. The predicted molar refractivity (Wildman–Crippen MR) is 119 cm³/mol. The minimum Gasteiger partial charge on any atom is -0.497 e. The van der Waals surface area contributed by atoms with Crippen LogP contribution in [0.2, 0.25) is 0 Å². The molecular formula is C23H25N3O3S. The smallest absolute Gasteiger partial charge is 0.236 e. The molecule has 3 aromatic rings. The Balaban J connectivity index is 1.53. The van der Waals surface area contributed by atoms with E-state index in [-0.39, 0.29) is 5.91 Å². The standard InChI is InChI=1S/C23H25N3O3S/c1-28-18-8-6-17(7-9-18)23(10-12-29-13-11-23)21(27)26-22-25-15-19(30-22)14-16-4-2-3-5-20(16)24/h2-9,15H,10-14,24H2,1H3,(H,25,26,27). The average molecular weight is 424 g/mol. The largest absolute Gasteiger partial charge is 0.497 e. The first-order valence-electron chi connectivity index (χ1n) is 9.92. The van der Waals surface area contributed by atoms with Crippen LogP contribution in [0.5, 0.6) is 5.75 Å². The van der Waals surface area contributed by atoms with Crippen LogP contribution < -0.4 is 15.8 Å². The minimum absolute atomic E-state index is 0.0453. The molecule has 1 saturated heterocycles. The molecular weight excluding hydrogens is 398 g/mol. The van der Waals surface area contributed by atoms with Gasteiger partial charge in [-0.2, -0.15) is 0 Å². The summed E-state index contributed by atoms with van der Waals surface area (Å²) >= 11 is 1.48. The lowest BCUT2D eigenvalue weighted by atomic mass is 9.73. The SMILES string of the molecule is COc1ccc(C2(C(=O)Nc3ncc(Cc4ccccc4N)s3)CCOCC2)cc1. The zero-order valence-corrected chi connectivity index (χ0v) is 17.7. The van der Waals surface area contributed by atoms with E-state index in [2.05, 4.69) is 10.3 Å². The van der Waals surface area contributed by atoms with E-state index in [1.807, 2.05) is 48.5 Å². The molecule has 4 rings (SSSR count). The predicted octanol–water partition coefficient (Wildman–Crippen LogP) is 4.01. The first-order chi connectivity index (χ1) is 14.6. The minimum atomic E-state index is -0.639. The van der Waals surface area contributed by atoms with Crippen molar-refractivity contribution in [2.45, 2.75) is 24.7 Å². The molecule has 30 heavy (non-hydrogen) atoms. The van der Waals surface area contributed by atoms with Crippen molar-refractivity contribution in [2.24, 2.45) is 0 Å². The number of hydrogen-bond acceptors (Lipinski definition) is 6. The third-order valence-corrected chi connectivity index (χ3v) is 6.53. The highest BCUT2D eigenvalue weighted by molar-refractivity contribution is 7.15. The summed E-state index contributed by atoms with van der Waals surface area (Å²) in [5, 5.41) is 3.65. The van der Waals surface area contributed by atoms with Crippen LogP contribution in [0, 0.1) is 0 Å². The fourth-order valence-electron chi connectivity index (χ4n) is 3.82. The van der Waals surface area contributed by atoms with Crippen molar-refractivity contribution in [3.63, 3.8) is 0 Å². The lowest BCUT2D eigenvalue weighted by Crippen LogP contribution is -2.44. The normalized spacial score (nSPS) is 15.5. The Morgan fingerprint density at radius 2 is 1.93 bits per heavy atom. The number of ether oxygens (including phenoxy) is 2. The topological polar surface area (TPSA) is 86.5 Å². The second-order valence-corrected chi connectivity index (χ2v) is 8.50. The van der Waals surface area contributed by atoms with Gasteiger partial charge in [0.25, 0.3) is 0 Å². The van der Waals surface area contributed by atoms with Crippen LogP contribution in [0.1, 0.15) is 28.8 Å². The summed E-state index contributed by atoms with van der Waals surface area (Å²) in [4.78, 5) is 18.9. The Kier molecular flexibility index (Phi) is 6.01. The molecule has 0 spiro atoms. The first-order valence-corrected chi connectivity index (χ1v) is 10.7. The number of para-hydroxylation sites is 1. The second kappa shape index (κ2) is 8.85. The number of hydrogen-bond donors (Lipinski definition) is 2. The number of nitrogen functional groups attached to an aromatic ring is 1. The molecule has 1 fully saturated rings. The molecule has 0 bridgehead atoms. The van der Waals surface area contributed by atoms with Crippen LogP contribution in [-0.2, 0) is 21.4 Å². The van der Waals surface area contributed by atoms with E-state index in [9.17, 15) is 4.79 Å². The van der Waals surface area contributed by atoms with Crippen molar-refractivity contribution in [3.8, 4) is 5.75 Å². The van der Waals surface area contributed by atoms with E-state index >= 15 is 0 Å². The maximum Gasteiger partial charge on any atom is 0.236 e. The lowest BCUT2D eigenvalue weighted by molar-refractivity contribution is -0.125. The van der Waals surface area contributed by atoms with Crippen LogP contribution in [-0.4, -0.2) is 31.2 Å². The maximum atomic E-state index is 13.4. The summed E-state index contributed by atoms with van der Waals surface area (Å²) in [5.41, 5.74) is 8.20. The quantitative estimate of drug-likeness (QED) is 0.585. The number of rotatable bonds is 6. The molecule has 0 saturated carbocycles. The number of nitrogens with zero attached hydrogens (tertiary/aromatic N) is 1. The molecule has 0 radical (unpaired) electrons. The maximum absolute atomic E-state index is 13.4. The third-order valence-electron chi connectivity index (χ3n) is 5.62. The van der Waals surface area contributed by atoms with E-state index in [4.69, 9.17) is 15.2 Å². The summed E-state index contributed by atoms with van der Waals surface area (Å²) in [6, 6.07) is 15.5. The molecule has 6 nitrogen and oxygen atoms in total. The number of anilines is 2. The van der Waals surface area contributed by atoms with Crippen molar-refractivity contribution < 1.29 is 14.3 Å². The molecule has 156 valence electrons. The van der Waals surface area contributed by atoms with E-state index in [1.54, 1.807) is 13.3 Å². The zero-order valence-electron chi connectivity index (χ0n) is 16.9. The third kappa shape index (κ3) is 4.17. The van der Waals surface area contributed by atoms with E-state index in [1.165, 1.54) is 11.3 Å². The van der Waals surface area contributed by atoms with Crippen molar-refractivity contribution in [1.82, 2.24) is 4.98 Å². The number of nitrogens with one attached hydrogen (secondary N) is 1. The van der Waals surface area contributed by atoms with Gasteiger partial charge in [-0.25, -0.2) is 4.98 Å². The molecule has 2 aromatic carbocycles. The summed E-state index contributed by atoms with van der Waals surface area (Å²) in [5.74, 6) is 0.724. The van der Waals surface area contributed by atoms with Gasteiger partial charge in [0.05, 0.1) is 12.5 Å². The van der Waals surface area contributed by atoms with Gasteiger partial charge < -0.3 is 20.5 Å². The van der Waals surface area contributed by atoms with Gasteiger partial charge in [0.2, 0.25) is 5.91 Å². The molecule has 1 aliphatic rings. The number of carbonyl (C=O) groups excluding carboxylic acids is 1. The number of amides is 1. The Hall–Kier alpha value is -2.90. The Bertz CT molecular complexity index is 1010. The van der Waals surface area contributed by atoms with Crippen LogP contribution in [0.25, 0.3) is 0 Å². The number of thiazole rings is 1. The number of aromatic nitrogens is 1. The van der Waals surface area contributed by atoms with Gasteiger partial charge in [-0.3, -0.25) is 4.79 Å². The van der Waals surface area contributed by atoms with Gasteiger partial charge in [-0.05, 0) is 42.2 Å². The summed E-state index contributed by atoms with van der Waals surface area (Å²) in [6.45, 7) is 1.10. The Morgan fingerprint density at radius 1 is 1.20 bits per heavy atom. The molecule has 0 aliphatic carbocycles. The number of benzene rings is 2. The highest BCUT2D eigenvalue weighted by Crippen LogP contribution is 2.37. The van der Waals surface area contributed by atoms with Gasteiger partial charge in [0.1, 0.15) is 5.75 Å². The highest BCUT2D eigenvalue weighted by Gasteiger charge is 2.42. The summed E-state index contributed by atoms with van der Waals surface area (Å²) in [7, 11) is 1.63. The fraction of sp³-hybridized carbons (Fsp3) is 0.304. The highest BCUT2D eigenvalue weighted by atomic mass is 32.1. The molecule has 1 aromatic heterocycles. The monoisotopic (exact) mass is 423 g/mol. The van der Waals surface area contributed by atoms with Gasteiger partial charge in [0, 0.05) is 36.4 Å². The average Bonchev–Trinajstić information content (AvgIpc) is 3.22. The van der Waals surface area contributed by atoms with Gasteiger partial charge >= 0.3 is 0 Å². The molecule has 7 heteroatoms. The number of carbonyl (C=O) groups is 1. The summed E-state index contributed by atoms with van der Waals surface area (Å²) < 4.78 is 10.8. The van der Waals surface area contributed by atoms with Gasteiger partial charge in [-0.15, -0.1) is 11.3 Å². The van der Waals surface area contributed by atoms with Crippen molar-refractivity contribution in [3.05, 3.63) is 70.7 Å². The van der Waals surface area contributed by atoms with Gasteiger partial charge in [0.15, 0.2) is 5.13 Å². The zero-order chi connectivity index (χ0) is 21.0. The fourth-order valence-corrected chi connectivity index (χ4v) is 4.65. The molecule has 1 aliphatic heterocycles. The number of methoxy groups -OCH3 is 1. The van der Waals surface area contributed by atoms with Crippen LogP contribution in [0.15, 0.2) is 54.7 Å². The van der Waals surface area contributed by atoms with E-state index in [0.29, 0.717) is 37.6 Å². The summed E-state index contributed by atoms with van der Waals surface area (Å²) in [6.07, 6.45) is 3.75. The second-order valence-electron chi connectivity index (χ2n) is 7.38. The Labute approximate surface area is 180 Å². The van der Waals surface area contributed by atoms with Crippen LogP contribution in [0.4, 0.5) is 10.8 Å². The van der Waals surface area contributed by atoms with Gasteiger partial charge in [-0.1, -0.05) is 30.3 Å². The molecule has 1 amide bonds. The van der Waals surface area contributed by atoms with Crippen molar-refractivity contribution in [2.75, 3.05) is 31.4 Å². The lowest BCUT2D eigenvalue weighted by Gasteiger charge is -2.36. The molecule has 2 heterocycles.